The number of hydrogen-bond acceptors (Lipinski definition) is 3. The maximum atomic E-state index is 13.4. The molecule has 0 radical (unpaired) electrons. The maximum absolute atomic E-state index is 13.4. The van der Waals surface area contributed by atoms with Gasteiger partial charge in [0, 0.05) is 11.1 Å². The molecule has 2 N–H and O–H groups in total. The molecule has 1 aliphatic rings. The molecule has 0 aliphatic heterocycles. The zero-order valence-corrected chi connectivity index (χ0v) is 14.3. The summed E-state index contributed by atoms with van der Waals surface area (Å²) >= 11 is 1.57. The number of hydrogen-bond donors (Lipinski definition) is 2. The number of thiazole rings is 1. The third kappa shape index (κ3) is 3.37. The van der Waals surface area contributed by atoms with Crippen molar-refractivity contribution < 1.29 is 9.18 Å². The summed E-state index contributed by atoms with van der Waals surface area (Å²) in [6.07, 6.45) is 3.45. The van der Waals surface area contributed by atoms with Crippen molar-refractivity contribution in [3.63, 3.8) is 0 Å². The SMILES string of the molecule is Cc1cnc(C(C)(C)NC(=O)NC2CCc3ccc(F)cc32)s1. The minimum Gasteiger partial charge on any atom is -0.331 e. The Morgan fingerprint density at radius 2 is 2.22 bits per heavy atom. The lowest BCUT2D eigenvalue weighted by Crippen LogP contribution is -2.47. The van der Waals surface area contributed by atoms with E-state index < -0.39 is 5.54 Å². The summed E-state index contributed by atoms with van der Waals surface area (Å²) < 4.78 is 13.4. The zero-order chi connectivity index (χ0) is 16.6. The number of fused-ring (bicyclic) bond motifs is 1. The smallest absolute Gasteiger partial charge is 0.316 e. The number of benzene rings is 1. The molecule has 0 saturated heterocycles. The molecule has 122 valence electrons. The van der Waals surface area contributed by atoms with Crippen LogP contribution in [0, 0.1) is 12.7 Å². The zero-order valence-electron chi connectivity index (χ0n) is 13.4. The molecule has 3 rings (SSSR count). The Morgan fingerprint density at radius 1 is 1.43 bits per heavy atom. The molecular formula is C17H20FN3OS. The van der Waals surface area contributed by atoms with Crippen LogP contribution in [0.3, 0.4) is 0 Å². The van der Waals surface area contributed by atoms with Crippen molar-refractivity contribution in [3.05, 3.63) is 51.2 Å². The number of aryl methyl sites for hydroxylation is 2. The van der Waals surface area contributed by atoms with Gasteiger partial charge in [0.1, 0.15) is 10.8 Å². The van der Waals surface area contributed by atoms with Crippen LogP contribution in [0.4, 0.5) is 9.18 Å². The van der Waals surface area contributed by atoms with Gasteiger partial charge in [0.2, 0.25) is 0 Å². The number of urea groups is 1. The van der Waals surface area contributed by atoms with Crippen molar-refractivity contribution in [1.82, 2.24) is 15.6 Å². The first kappa shape index (κ1) is 15.9. The van der Waals surface area contributed by atoms with E-state index in [4.69, 9.17) is 0 Å². The lowest BCUT2D eigenvalue weighted by molar-refractivity contribution is 0.226. The van der Waals surface area contributed by atoms with Crippen molar-refractivity contribution in [2.24, 2.45) is 0 Å². The van der Waals surface area contributed by atoms with E-state index in [2.05, 4.69) is 15.6 Å². The molecule has 1 unspecified atom stereocenters. The van der Waals surface area contributed by atoms with Crippen molar-refractivity contribution >= 4 is 17.4 Å². The minimum absolute atomic E-state index is 0.144. The standard InChI is InChI=1S/C17H20FN3OS/c1-10-9-19-15(23-10)17(2,3)21-16(22)20-14-7-5-11-4-6-12(18)8-13(11)14/h4,6,8-9,14H,5,7H2,1-3H3,(H2,20,21,22). The van der Waals surface area contributed by atoms with Crippen LogP contribution in [-0.2, 0) is 12.0 Å². The number of carbonyl (C=O) groups excluding carboxylic acids is 1. The fraction of sp³-hybridized carbons (Fsp3) is 0.412. The molecule has 0 bridgehead atoms. The first-order chi connectivity index (χ1) is 10.8. The van der Waals surface area contributed by atoms with Gasteiger partial charge in [-0.15, -0.1) is 11.3 Å². The Balaban J connectivity index is 1.68. The third-order valence-electron chi connectivity index (χ3n) is 4.07. The number of aromatic nitrogens is 1. The monoisotopic (exact) mass is 333 g/mol. The van der Waals surface area contributed by atoms with Crippen LogP contribution < -0.4 is 10.6 Å². The molecule has 0 fully saturated rings. The van der Waals surface area contributed by atoms with Gasteiger partial charge in [0.25, 0.3) is 0 Å². The van der Waals surface area contributed by atoms with Crippen LogP contribution in [0.15, 0.2) is 24.4 Å². The van der Waals surface area contributed by atoms with Gasteiger partial charge < -0.3 is 10.6 Å². The van der Waals surface area contributed by atoms with Gasteiger partial charge in [-0.1, -0.05) is 6.07 Å². The van der Waals surface area contributed by atoms with Gasteiger partial charge in [-0.25, -0.2) is 14.2 Å². The van der Waals surface area contributed by atoms with Crippen LogP contribution in [0.25, 0.3) is 0 Å². The fourth-order valence-electron chi connectivity index (χ4n) is 2.90. The molecule has 1 aromatic heterocycles. The molecule has 1 atom stereocenters. The topological polar surface area (TPSA) is 54.0 Å². The maximum Gasteiger partial charge on any atom is 0.316 e. The van der Waals surface area contributed by atoms with Crippen LogP contribution >= 0.6 is 11.3 Å². The van der Waals surface area contributed by atoms with Gasteiger partial charge in [-0.05, 0) is 56.9 Å². The van der Waals surface area contributed by atoms with Gasteiger partial charge in [-0.3, -0.25) is 0 Å². The van der Waals surface area contributed by atoms with Crippen molar-refractivity contribution in [2.45, 2.75) is 45.2 Å². The van der Waals surface area contributed by atoms with E-state index in [1.54, 1.807) is 23.6 Å². The number of rotatable bonds is 3. The van der Waals surface area contributed by atoms with E-state index in [9.17, 15) is 9.18 Å². The highest BCUT2D eigenvalue weighted by atomic mass is 32.1. The highest BCUT2D eigenvalue weighted by Crippen LogP contribution is 2.32. The molecular weight excluding hydrogens is 313 g/mol. The minimum atomic E-state index is -0.549. The number of amides is 2. The average molecular weight is 333 g/mol. The number of nitrogens with zero attached hydrogens (tertiary/aromatic N) is 1. The van der Waals surface area contributed by atoms with Crippen molar-refractivity contribution in [3.8, 4) is 0 Å². The number of halogens is 1. The van der Waals surface area contributed by atoms with E-state index in [0.29, 0.717) is 0 Å². The quantitative estimate of drug-likeness (QED) is 0.897. The summed E-state index contributed by atoms with van der Waals surface area (Å²) in [4.78, 5) is 17.8. The lowest BCUT2D eigenvalue weighted by Gasteiger charge is -2.25. The van der Waals surface area contributed by atoms with Gasteiger partial charge in [0.15, 0.2) is 0 Å². The highest BCUT2D eigenvalue weighted by Gasteiger charge is 2.29. The third-order valence-corrected chi connectivity index (χ3v) is 5.31. The summed E-state index contributed by atoms with van der Waals surface area (Å²) in [5.41, 5.74) is 1.43. The summed E-state index contributed by atoms with van der Waals surface area (Å²) in [6, 6.07) is 4.38. The van der Waals surface area contributed by atoms with E-state index >= 15 is 0 Å². The largest absolute Gasteiger partial charge is 0.331 e. The average Bonchev–Trinajstić information content (AvgIpc) is 3.06. The molecule has 0 spiro atoms. The Kier molecular flexibility index (Phi) is 4.10. The second-order valence-corrected chi connectivity index (χ2v) is 7.67. The molecule has 1 aliphatic carbocycles. The molecule has 2 amide bonds. The van der Waals surface area contributed by atoms with E-state index in [0.717, 1.165) is 33.9 Å². The Morgan fingerprint density at radius 3 is 2.91 bits per heavy atom. The Bertz CT molecular complexity index is 741. The van der Waals surface area contributed by atoms with Gasteiger partial charge in [0.05, 0.1) is 11.6 Å². The molecule has 23 heavy (non-hydrogen) atoms. The predicted molar refractivity (Wildman–Crippen MR) is 89.0 cm³/mol. The predicted octanol–water partition coefficient (Wildman–Crippen LogP) is 3.81. The normalized spacial score (nSPS) is 17.0. The molecule has 6 heteroatoms. The molecule has 1 heterocycles. The van der Waals surface area contributed by atoms with E-state index in [-0.39, 0.29) is 17.9 Å². The number of nitrogens with one attached hydrogen (secondary N) is 2. The highest BCUT2D eigenvalue weighted by molar-refractivity contribution is 7.11. The molecule has 4 nitrogen and oxygen atoms in total. The van der Waals surface area contributed by atoms with E-state index in [1.807, 2.05) is 20.8 Å². The van der Waals surface area contributed by atoms with Gasteiger partial charge in [-0.2, -0.15) is 0 Å². The van der Waals surface area contributed by atoms with Crippen molar-refractivity contribution in [2.75, 3.05) is 0 Å². The van der Waals surface area contributed by atoms with E-state index in [1.165, 1.54) is 12.1 Å². The first-order valence-electron chi connectivity index (χ1n) is 7.65. The van der Waals surface area contributed by atoms with Gasteiger partial charge >= 0.3 is 6.03 Å². The summed E-state index contributed by atoms with van der Waals surface area (Å²) in [6.45, 7) is 5.83. The van der Waals surface area contributed by atoms with Crippen molar-refractivity contribution in [1.29, 1.82) is 0 Å². The Labute approximate surface area is 139 Å². The van der Waals surface area contributed by atoms with Crippen LogP contribution in [0.1, 0.15) is 47.3 Å². The Hall–Kier alpha value is -1.95. The fourth-order valence-corrected chi connectivity index (χ4v) is 3.72. The molecule has 1 aromatic carbocycles. The van der Waals surface area contributed by atoms with Crippen LogP contribution in [0.5, 0.6) is 0 Å². The first-order valence-corrected chi connectivity index (χ1v) is 8.47. The molecule has 0 saturated carbocycles. The number of carbonyl (C=O) groups is 1. The van der Waals surface area contributed by atoms with Crippen LogP contribution in [0.2, 0.25) is 0 Å². The summed E-state index contributed by atoms with van der Waals surface area (Å²) in [5, 5.41) is 6.78. The second kappa shape index (κ2) is 5.92. The summed E-state index contributed by atoms with van der Waals surface area (Å²) in [7, 11) is 0. The molecule has 2 aromatic rings. The second-order valence-electron chi connectivity index (χ2n) is 6.43. The van der Waals surface area contributed by atoms with Crippen LogP contribution in [-0.4, -0.2) is 11.0 Å². The lowest BCUT2D eigenvalue weighted by atomic mass is 10.1. The summed E-state index contributed by atoms with van der Waals surface area (Å²) in [5.74, 6) is -0.267.